The Balaban J connectivity index is 1.84. The van der Waals surface area contributed by atoms with Gasteiger partial charge in [-0.15, -0.1) is 0 Å². The lowest BCUT2D eigenvalue weighted by atomic mass is 10.1. The molecule has 0 heterocycles. The molecule has 2 N–H and O–H groups in total. The highest BCUT2D eigenvalue weighted by atomic mass is 79.9. The lowest BCUT2D eigenvalue weighted by molar-refractivity contribution is -0.117. The highest BCUT2D eigenvalue weighted by Crippen LogP contribution is 2.16. The zero-order valence-electron chi connectivity index (χ0n) is 15.2. The van der Waals surface area contributed by atoms with E-state index in [2.05, 4.69) is 26.0 Å². The van der Waals surface area contributed by atoms with Gasteiger partial charge in [-0.2, -0.15) is 4.72 Å². The predicted octanol–water partition coefficient (Wildman–Crippen LogP) is 4.12. The van der Waals surface area contributed by atoms with Crippen LogP contribution in [0.3, 0.4) is 0 Å². The molecular formula is C21H18BrFN2O3S. The molecule has 0 aliphatic carbocycles. The minimum atomic E-state index is -3.93. The maximum absolute atomic E-state index is 13.1. The molecule has 1 amide bonds. The molecule has 5 nitrogen and oxygen atoms in total. The van der Waals surface area contributed by atoms with Crippen molar-refractivity contribution >= 4 is 37.5 Å². The average Bonchev–Trinajstić information content (AvgIpc) is 2.70. The number of carbonyl (C=O) groups excluding carboxylic acids is 1. The summed E-state index contributed by atoms with van der Waals surface area (Å²) >= 11 is 3.27. The molecule has 150 valence electrons. The van der Waals surface area contributed by atoms with Crippen LogP contribution in [0.1, 0.15) is 5.56 Å². The third kappa shape index (κ3) is 5.96. The van der Waals surface area contributed by atoms with Crippen molar-refractivity contribution in [1.29, 1.82) is 0 Å². The summed E-state index contributed by atoms with van der Waals surface area (Å²) in [6, 6.07) is 19.4. The van der Waals surface area contributed by atoms with Crippen molar-refractivity contribution in [3.05, 3.63) is 94.7 Å². The molecule has 0 saturated heterocycles. The number of hydrogen-bond donors (Lipinski definition) is 2. The van der Waals surface area contributed by atoms with E-state index in [9.17, 15) is 17.6 Å². The van der Waals surface area contributed by atoms with Crippen molar-refractivity contribution in [2.75, 3.05) is 5.32 Å². The molecule has 0 aliphatic heterocycles. The summed E-state index contributed by atoms with van der Waals surface area (Å²) in [5.74, 6) is -0.971. The van der Waals surface area contributed by atoms with E-state index in [0.717, 1.165) is 10.0 Å². The minimum absolute atomic E-state index is 0.0494. The van der Waals surface area contributed by atoms with Crippen LogP contribution in [0.2, 0.25) is 0 Å². The zero-order valence-corrected chi connectivity index (χ0v) is 17.6. The van der Waals surface area contributed by atoms with E-state index in [1.807, 2.05) is 30.3 Å². The van der Waals surface area contributed by atoms with E-state index in [1.54, 1.807) is 12.1 Å². The molecule has 3 aromatic carbocycles. The number of nitrogens with one attached hydrogen (secondary N) is 2. The van der Waals surface area contributed by atoms with Crippen LogP contribution in [0, 0.1) is 5.82 Å². The molecule has 0 bridgehead atoms. The predicted molar refractivity (Wildman–Crippen MR) is 113 cm³/mol. The average molecular weight is 477 g/mol. The summed E-state index contributed by atoms with van der Waals surface area (Å²) in [6.45, 7) is 0. The molecule has 0 fully saturated rings. The van der Waals surface area contributed by atoms with Crippen molar-refractivity contribution in [3.8, 4) is 0 Å². The Morgan fingerprint density at radius 2 is 1.55 bits per heavy atom. The Kier molecular flexibility index (Phi) is 6.79. The largest absolute Gasteiger partial charge is 0.325 e. The Labute approximate surface area is 177 Å². The Bertz CT molecular complexity index is 1070. The number of halogens is 2. The number of amides is 1. The summed E-state index contributed by atoms with van der Waals surface area (Å²) < 4.78 is 41.9. The monoisotopic (exact) mass is 476 g/mol. The van der Waals surface area contributed by atoms with E-state index in [-0.39, 0.29) is 11.3 Å². The van der Waals surface area contributed by atoms with Crippen molar-refractivity contribution in [2.45, 2.75) is 17.4 Å². The fourth-order valence-corrected chi connectivity index (χ4v) is 4.13. The van der Waals surface area contributed by atoms with Crippen LogP contribution in [0.5, 0.6) is 0 Å². The van der Waals surface area contributed by atoms with E-state index in [1.165, 1.54) is 36.4 Å². The molecule has 0 aromatic heterocycles. The first-order valence-electron chi connectivity index (χ1n) is 8.72. The van der Waals surface area contributed by atoms with Gasteiger partial charge in [0.2, 0.25) is 15.9 Å². The summed E-state index contributed by atoms with van der Waals surface area (Å²) in [4.78, 5) is 12.9. The third-order valence-electron chi connectivity index (χ3n) is 4.13. The molecule has 0 spiro atoms. The van der Waals surface area contributed by atoms with Crippen LogP contribution in [-0.4, -0.2) is 20.4 Å². The summed E-state index contributed by atoms with van der Waals surface area (Å²) in [6.07, 6.45) is 0.156. The Hall–Kier alpha value is -2.55. The van der Waals surface area contributed by atoms with Crippen LogP contribution in [0.4, 0.5) is 10.1 Å². The van der Waals surface area contributed by atoms with Gasteiger partial charge in [0, 0.05) is 10.2 Å². The van der Waals surface area contributed by atoms with Gasteiger partial charge in [0.25, 0.3) is 0 Å². The summed E-state index contributed by atoms with van der Waals surface area (Å²) in [7, 11) is -3.93. The maximum Gasteiger partial charge on any atom is 0.242 e. The van der Waals surface area contributed by atoms with Crippen molar-refractivity contribution in [2.24, 2.45) is 0 Å². The van der Waals surface area contributed by atoms with Crippen LogP contribution >= 0.6 is 15.9 Å². The lowest BCUT2D eigenvalue weighted by Crippen LogP contribution is -2.45. The number of anilines is 1. The number of hydrogen-bond acceptors (Lipinski definition) is 3. The fraction of sp³-hybridized carbons (Fsp3) is 0.0952. The molecule has 1 atom stereocenters. The van der Waals surface area contributed by atoms with Crippen molar-refractivity contribution < 1.29 is 17.6 Å². The van der Waals surface area contributed by atoms with E-state index in [4.69, 9.17) is 0 Å². The van der Waals surface area contributed by atoms with Gasteiger partial charge < -0.3 is 5.32 Å². The van der Waals surface area contributed by atoms with E-state index in [0.29, 0.717) is 5.69 Å². The second-order valence-corrected chi connectivity index (χ2v) is 8.94. The van der Waals surface area contributed by atoms with Gasteiger partial charge in [0.1, 0.15) is 11.9 Å². The summed E-state index contributed by atoms with van der Waals surface area (Å²) in [5.41, 5.74) is 1.17. The summed E-state index contributed by atoms with van der Waals surface area (Å²) in [5, 5.41) is 2.63. The molecule has 3 rings (SSSR count). The number of sulfonamides is 1. The lowest BCUT2D eigenvalue weighted by Gasteiger charge is -2.19. The zero-order chi connectivity index (χ0) is 20.9. The highest BCUT2D eigenvalue weighted by molar-refractivity contribution is 9.10. The van der Waals surface area contributed by atoms with E-state index >= 15 is 0 Å². The number of carbonyl (C=O) groups is 1. The molecule has 0 unspecified atom stereocenters. The molecule has 0 aliphatic rings. The fourth-order valence-electron chi connectivity index (χ4n) is 2.67. The normalized spacial score (nSPS) is 12.3. The minimum Gasteiger partial charge on any atom is -0.325 e. The van der Waals surface area contributed by atoms with Gasteiger partial charge in [-0.1, -0.05) is 46.3 Å². The number of rotatable bonds is 7. The first-order chi connectivity index (χ1) is 13.8. The van der Waals surface area contributed by atoms with E-state index < -0.39 is 27.8 Å². The van der Waals surface area contributed by atoms with Gasteiger partial charge in [-0.05, 0) is 60.5 Å². The molecule has 3 aromatic rings. The van der Waals surface area contributed by atoms with Gasteiger partial charge in [0.05, 0.1) is 4.90 Å². The second kappa shape index (κ2) is 9.30. The molecule has 29 heavy (non-hydrogen) atoms. The van der Waals surface area contributed by atoms with Gasteiger partial charge in [-0.25, -0.2) is 12.8 Å². The van der Waals surface area contributed by atoms with Crippen LogP contribution in [0.25, 0.3) is 0 Å². The van der Waals surface area contributed by atoms with Gasteiger partial charge in [0.15, 0.2) is 0 Å². The van der Waals surface area contributed by atoms with Crippen LogP contribution < -0.4 is 10.0 Å². The highest BCUT2D eigenvalue weighted by Gasteiger charge is 2.26. The maximum atomic E-state index is 13.1. The molecule has 8 heteroatoms. The molecular weight excluding hydrogens is 459 g/mol. The van der Waals surface area contributed by atoms with Gasteiger partial charge in [-0.3, -0.25) is 4.79 Å². The second-order valence-electron chi connectivity index (χ2n) is 6.31. The molecule has 0 radical (unpaired) electrons. The molecule has 0 saturated carbocycles. The topological polar surface area (TPSA) is 75.3 Å². The van der Waals surface area contributed by atoms with Crippen LogP contribution in [0.15, 0.2) is 88.2 Å². The SMILES string of the molecule is O=C(Nc1ccc(F)cc1)[C@@H](Cc1ccccc1)NS(=O)(=O)c1ccc(Br)cc1. The quantitative estimate of drug-likeness (QED) is 0.538. The van der Waals surface area contributed by atoms with Gasteiger partial charge >= 0.3 is 0 Å². The Morgan fingerprint density at radius 1 is 0.931 bits per heavy atom. The van der Waals surface area contributed by atoms with Crippen molar-refractivity contribution in [3.63, 3.8) is 0 Å². The number of benzene rings is 3. The third-order valence-corrected chi connectivity index (χ3v) is 6.15. The smallest absolute Gasteiger partial charge is 0.242 e. The Morgan fingerprint density at radius 3 is 2.17 bits per heavy atom. The van der Waals surface area contributed by atoms with Crippen molar-refractivity contribution in [1.82, 2.24) is 4.72 Å². The first-order valence-corrected chi connectivity index (χ1v) is 11.0. The standard InChI is InChI=1S/C21H18BrFN2O3S/c22-16-6-12-19(13-7-16)29(27,28)25-20(14-15-4-2-1-3-5-15)21(26)24-18-10-8-17(23)9-11-18/h1-13,20,25H,14H2,(H,24,26)/t20-/m1/s1. The van der Waals surface area contributed by atoms with Crippen LogP contribution in [-0.2, 0) is 21.2 Å². The first kappa shape index (κ1) is 21.2.